The Bertz CT molecular complexity index is 1190. The molecule has 0 saturated carbocycles. The number of rotatable bonds is 7. The Labute approximate surface area is 176 Å². The van der Waals surface area contributed by atoms with Crippen LogP contribution in [0.5, 0.6) is 5.75 Å². The molecule has 3 aromatic rings. The molecule has 0 bridgehead atoms. The standard InChI is InChI=1S/C21H19N5O3S/c1-29-9-8-24-21-26(25-12-15-4-2-14(11-22)3-5-15)18(13-30-21)16-6-7-19(27)17(10-16)20(23)28/h2-7,10,12-13,27H,8-9H2,1H3,(H2,23,28). The molecule has 1 amide bonds. The minimum Gasteiger partial charge on any atom is -0.507 e. The average molecular weight is 421 g/mol. The third kappa shape index (κ3) is 4.81. The SMILES string of the molecule is COCCN=c1scc(-c2ccc(O)c(C(N)=O)c2)n1N=Cc1ccc(C#N)cc1. The molecule has 152 valence electrons. The largest absolute Gasteiger partial charge is 0.507 e. The maximum Gasteiger partial charge on any atom is 0.252 e. The maximum atomic E-state index is 11.6. The van der Waals surface area contributed by atoms with Gasteiger partial charge in [-0.2, -0.15) is 10.4 Å². The number of primary amides is 1. The highest BCUT2D eigenvalue weighted by Gasteiger charge is 2.13. The first-order chi connectivity index (χ1) is 14.5. The molecule has 3 N–H and O–H groups in total. The molecule has 0 atom stereocenters. The van der Waals surface area contributed by atoms with Crippen molar-refractivity contribution in [3.05, 3.63) is 69.3 Å². The summed E-state index contributed by atoms with van der Waals surface area (Å²) in [6.07, 6.45) is 1.65. The van der Waals surface area contributed by atoms with Crippen molar-refractivity contribution in [1.29, 1.82) is 5.26 Å². The van der Waals surface area contributed by atoms with Crippen LogP contribution in [0.15, 0.2) is 57.9 Å². The lowest BCUT2D eigenvalue weighted by atomic mass is 10.1. The summed E-state index contributed by atoms with van der Waals surface area (Å²) in [6, 6.07) is 13.7. The summed E-state index contributed by atoms with van der Waals surface area (Å²) < 4.78 is 6.71. The Hall–Kier alpha value is -3.74. The first-order valence-electron chi connectivity index (χ1n) is 8.91. The first kappa shape index (κ1) is 21.0. The molecule has 0 aliphatic rings. The van der Waals surface area contributed by atoms with Gasteiger partial charge in [-0.05, 0) is 35.9 Å². The monoisotopic (exact) mass is 421 g/mol. The van der Waals surface area contributed by atoms with Gasteiger partial charge in [0.05, 0.1) is 42.3 Å². The highest BCUT2D eigenvalue weighted by molar-refractivity contribution is 7.07. The third-order valence-electron chi connectivity index (χ3n) is 4.15. The fourth-order valence-corrected chi connectivity index (χ4v) is 3.48. The molecule has 30 heavy (non-hydrogen) atoms. The van der Waals surface area contributed by atoms with Gasteiger partial charge in [-0.1, -0.05) is 12.1 Å². The van der Waals surface area contributed by atoms with Crippen LogP contribution < -0.4 is 10.5 Å². The summed E-state index contributed by atoms with van der Waals surface area (Å²) >= 11 is 1.39. The van der Waals surface area contributed by atoms with Gasteiger partial charge in [0.2, 0.25) is 4.80 Å². The predicted molar refractivity (Wildman–Crippen MR) is 114 cm³/mol. The predicted octanol–water partition coefficient (Wildman–Crippen LogP) is 2.32. The Morgan fingerprint density at radius 1 is 1.33 bits per heavy atom. The summed E-state index contributed by atoms with van der Waals surface area (Å²) in [4.78, 5) is 16.8. The van der Waals surface area contributed by atoms with Crippen LogP contribution in [0.25, 0.3) is 11.3 Å². The van der Waals surface area contributed by atoms with E-state index in [-0.39, 0.29) is 11.3 Å². The number of benzene rings is 2. The number of amides is 1. The molecule has 0 aliphatic heterocycles. The summed E-state index contributed by atoms with van der Waals surface area (Å²) in [5.74, 6) is -0.902. The molecule has 2 aromatic carbocycles. The van der Waals surface area contributed by atoms with Crippen molar-refractivity contribution in [2.24, 2.45) is 15.8 Å². The lowest BCUT2D eigenvalue weighted by Crippen LogP contribution is -2.14. The van der Waals surface area contributed by atoms with Crippen LogP contribution in [0.4, 0.5) is 0 Å². The number of thiazole rings is 1. The Morgan fingerprint density at radius 2 is 2.10 bits per heavy atom. The minimum absolute atomic E-state index is 0.0270. The van der Waals surface area contributed by atoms with Gasteiger partial charge in [-0.25, -0.2) is 4.68 Å². The van der Waals surface area contributed by atoms with E-state index in [1.54, 1.807) is 48.3 Å². The number of phenols is 1. The zero-order chi connectivity index (χ0) is 21.5. The maximum absolute atomic E-state index is 11.6. The molecule has 8 nitrogen and oxygen atoms in total. The van der Waals surface area contributed by atoms with Crippen molar-refractivity contribution in [2.75, 3.05) is 20.3 Å². The van der Waals surface area contributed by atoms with Crippen LogP contribution in [-0.4, -0.2) is 42.2 Å². The zero-order valence-electron chi connectivity index (χ0n) is 16.1. The number of hydrogen-bond acceptors (Lipinski definition) is 7. The van der Waals surface area contributed by atoms with Crippen LogP contribution in [0.2, 0.25) is 0 Å². The van der Waals surface area contributed by atoms with Crippen molar-refractivity contribution < 1.29 is 14.6 Å². The van der Waals surface area contributed by atoms with Crippen molar-refractivity contribution in [2.45, 2.75) is 0 Å². The number of aromatic nitrogens is 1. The van der Waals surface area contributed by atoms with Gasteiger partial charge in [0.1, 0.15) is 5.75 Å². The van der Waals surface area contributed by atoms with Crippen molar-refractivity contribution in [1.82, 2.24) is 4.68 Å². The molecule has 0 unspecified atom stereocenters. The van der Waals surface area contributed by atoms with Gasteiger partial charge in [0.25, 0.3) is 5.91 Å². The minimum atomic E-state index is -0.720. The van der Waals surface area contributed by atoms with E-state index in [4.69, 9.17) is 15.7 Å². The second-order valence-corrected chi connectivity index (χ2v) is 7.00. The van der Waals surface area contributed by atoms with E-state index < -0.39 is 5.91 Å². The molecule has 1 aromatic heterocycles. The molecule has 0 aliphatic carbocycles. The van der Waals surface area contributed by atoms with Crippen molar-refractivity contribution in [3.63, 3.8) is 0 Å². The summed E-state index contributed by atoms with van der Waals surface area (Å²) in [7, 11) is 1.61. The van der Waals surface area contributed by atoms with Crippen LogP contribution in [0.3, 0.4) is 0 Å². The van der Waals surface area contributed by atoms with E-state index in [0.717, 1.165) is 5.56 Å². The fourth-order valence-electron chi connectivity index (χ4n) is 2.61. The molecule has 0 fully saturated rings. The second kappa shape index (κ2) is 9.65. The van der Waals surface area contributed by atoms with Gasteiger partial charge in [-0.3, -0.25) is 9.79 Å². The number of nitriles is 1. The van der Waals surface area contributed by atoms with Gasteiger partial charge in [0.15, 0.2) is 0 Å². The van der Waals surface area contributed by atoms with Crippen molar-refractivity contribution >= 4 is 23.5 Å². The highest BCUT2D eigenvalue weighted by Crippen LogP contribution is 2.26. The Kier molecular flexibility index (Phi) is 6.75. The summed E-state index contributed by atoms with van der Waals surface area (Å²) in [5.41, 5.74) is 8.10. The third-order valence-corrected chi connectivity index (χ3v) is 5.00. The molecule has 9 heteroatoms. The van der Waals surface area contributed by atoms with Crippen LogP contribution in [0, 0.1) is 11.3 Å². The van der Waals surface area contributed by atoms with E-state index >= 15 is 0 Å². The number of hydrogen-bond donors (Lipinski definition) is 2. The topological polar surface area (TPSA) is 126 Å². The number of ether oxygens (including phenoxy) is 1. The lowest BCUT2D eigenvalue weighted by molar-refractivity contribution is 0.0998. The molecular formula is C21H19N5O3S. The summed E-state index contributed by atoms with van der Waals surface area (Å²) in [6.45, 7) is 0.933. The number of methoxy groups -OCH3 is 1. The first-order valence-corrected chi connectivity index (χ1v) is 9.79. The van der Waals surface area contributed by atoms with Gasteiger partial charge in [-0.15, -0.1) is 11.3 Å². The fraction of sp³-hybridized carbons (Fsp3) is 0.143. The molecule has 0 saturated heterocycles. The van der Waals surface area contributed by atoms with E-state index in [1.807, 2.05) is 5.38 Å². The normalized spacial score (nSPS) is 11.7. The van der Waals surface area contributed by atoms with Crippen molar-refractivity contribution in [3.8, 4) is 23.1 Å². The van der Waals surface area contributed by atoms with E-state index in [0.29, 0.717) is 34.8 Å². The van der Waals surface area contributed by atoms with Crippen LogP contribution in [0.1, 0.15) is 21.5 Å². The number of carbonyl (C=O) groups excluding carboxylic acids is 1. The van der Waals surface area contributed by atoms with Crippen LogP contribution >= 0.6 is 11.3 Å². The van der Waals surface area contributed by atoms with E-state index in [9.17, 15) is 9.90 Å². The molecule has 0 radical (unpaired) electrons. The Balaban J connectivity index is 2.07. The molecule has 0 spiro atoms. The second-order valence-electron chi connectivity index (χ2n) is 6.16. The van der Waals surface area contributed by atoms with E-state index in [2.05, 4.69) is 16.2 Å². The zero-order valence-corrected chi connectivity index (χ0v) is 17.0. The number of carbonyl (C=O) groups is 1. The molecule has 1 heterocycles. The number of aromatic hydroxyl groups is 1. The Morgan fingerprint density at radius 3 is 2.77 bits per heavy atom. The quantitative estimate of drug-likeness (QED) is 0.448. The van der Waals surface area contributed by atoms with Crippen LogP contribution in [-0.2, 0) is 4.74 Å². The lowest BCUT2D eigenvalue weighted by Gasteiger charge is -2.06. The van der Waals surface area contributed by atoms with Gasteiger partial charge >= 0.3 is 0 Å². The highest BCUT2D eigenvalue weighted by atomic mass is 32.1. The average Bonchev–Trinajstić information content (AvgIpc) is 3.15. The van der Waals surface area contributed by atoms with Gasteiger partial charge in [0, 0.05) is 18.1 Å². The number of nitrogens with zero attached hydrogens (tertiary/aromatic N) is 4. The molecule has 3 rings (SSSR count). The van der Waals surface area contributed by atoms with Gasteiger partial charge < -0.3 is 15.6 Å². The summed E-state index contributed by atoms with van der Waals surface area (Å²) in [5, 5.41) is 25.2. The molecular weight excluding hydrogens is 402 g/mol. The number of nitrogens with two attached hydrogens (primary N) is 1. The van der Waals surface area contributed by atoms with E-state index in [1.165, 1.54) is 23.5 Å². The smallest absolute Gasteiger partial charge is 0.252 e.